The number of hydrogen-bond donors (Lipinski definition) is 2. The first-order valence-electron chi connectivity index (χ1n) is 7.90. The SMILES string of the molecule is CC(=O)CCCN1CCC(Nc2sccc2CNC=O)CC1. The van der Waals surface area contributed by atoms with Crippen molar-refractivity contribution in [2.75, 3.05) is 25.0 Å². The van der Waals surface area contributed by atoms with Crippen LogP contribution in [0.4, 0.5) is 5.00 Å². The molecular weight excluding hydrogens is 298 g/mol. The fourth-order valence-corrected chi connectivity index (χ4v) is 3.69. The molecule has 0 unspecified atom stereocenters. The van der Waals surface area contributed by atoms with E-state index in [1.54, 1.807) is 18.3 Å². The van der Waals surface area contributed by atoms with Gasteiger partial charge in [0, 0.05) is 37.7 Å². The van der Waals surface area contributed by atoms with E-state index in [0.717, 1.165) is 50.9 Å². The molecule has 2 heterocycles. The molecule has 0 saturated carbocycles. The molecule has 0 aliphatic carbocycles. The van der Waals surface area contributed by atoms with Crippen LogP contribution in [0, 0.1) is 0 Å². The Hall–Kier alpha value is -1.40. The standard InChI is InChI=1S/C16H25N3O2S/c1-13(21)3-2-7-19-8-4-15(5-9-19)18-16-14(6-10-22-16)11-17-12-20/h6,10,12,15,18H,2-5,7-9,11H2,1H3,(H,17,20). The molecule has 5 nitrogen and oxygen atoms in total. The molecule has 0 spiro atoms. The van der Waals surface area contributed by atoms with Crippen LogP contribution in [-0.2, 0) is 16.1 Å². The lowest BCUT2D eigenvalue weighted by molar-refractivity contribution is -0.117. The number of ketones is 1. The average molecular weight is 323 g/mol. The van der Waals surface area contributed by atoms with Gasteiger partial charge in [-0.1, -0.05) is 0 Å². The first-order valence-corrected chi connectivity index (χ1v) is 8.78. The monoisotopic (exact) mass is 323 g/mol. The first kappa shape index (κ1) is 17.0. The molecule has 1 aliphatic rings. The normalized spacial score (nSPS) is 16.4. The predicted octanol–water partition coefficient (Wildman–Crippen LogP) is 2.24. The van der Waals surface area contributed by atoms with Crippen molar-refractivity contribution in [3.63, 3.8) is 0 Å². The third-order valence-corrected chi connectivity index (χ3v) is 4.94. The highest BCUT2D eigenvalue weighted by molar-refractivity contribution is 7.14. The fourth-order valence-electron chi connectivity index (χ4n) is 2.79. The van der Waals surface area contributed by atoms with E-state index in [-0.39, 0.29) is 5.78 Å². The number of likely N-dealkylation sites (tertiary alicyclic amines) is 1. The van der Waals surface area contributed by atoms with Crippen LogP contribution in [0.5, 0.6) is 0 Å². The number of nitrogens with one attached hydrogen (secondary N) is 2. The number of anilines is 1. The van der Waals surface area contributed by atoms with E-state index in [4.69, 9.17) is 0 Å². The van der Waals surface area contributed by atoms with Gasteiger partial charge in [-0.3, -0.25) is 4.79 Å². The molecule has 1 amide bonds. The van der Waals surface area contributed by atoms with Crippen molar-refractivity contribution in [2.24, 2.45) is 0 Å². The molecule has 1 fully saturated rings. The number of nitrogens with zero attached hydrogens (tertiary/aromatic N) is 1. The predicted molar refractivity (Wildman–Crippen MR) is 90.2 cm³/mol. The van der Waals surface area contributed by atoms with Gasteiger partial charge in [0.25, 0.3) is 0 Å². The summed E-state index contributed by atoms with van der Waals surface area (Å²) in [6, 6.07) is 2.55. The second-order valence-electron chi connectivity index (χ2n) is 5.84. The Morgan fingerprint density at radius 2 is 2.23 bits per heavy atom. The molecule has 22 heavy (non-hydrogen) atoms. The Morgan fingerprint density at radius 1 is 1.45 bits per heavy atom. The van der Waals surface area contributed by atoms with Crippen molar-refractivity contribution < 1.29 is 9.59 Å². The summed E-state index contributed by atoms with van der Waals surface area (Å²) in [5.74, 6) is 0.283. The van der Waals surface area contributed by atoms with Crippen LogP contribution in [0.2, 0.25) is 0 Å². The third-order valence-electron chi connectivity index (χ3n) is 4.05. The molecule has 2 N–H and O–H groups in total. The average Bonchev–Trinajstić information content (AvgIpc) is 2.94. The van der Waals surface area contributed by atoms with E-state index >= 15 is 0 Å². The number of piperidine rings is 1. The van der Waals surface area contributed by atoms with E-state index in [2.05, 4.69) is 27.0 Å². The van der Waals surface area contributed by atoms with Crippen LogP contribution < -0.4 is 10.6 Å². The number of Topliss-reactive ketones (excluding diaryl/α,β-unsaturated/α-hetero) is 1. The zero-order valence-electron chi connectivity index (χ0n) is 13.1. The molecule has 0 aromatic carbocycles. The minimum absolute atomic E-state index is 0.283. The van der Waals surface area contributed by atoms with Gasteiger partial charge in [0.05, 0.1) is 5.00 Å². The van der Waals surface area contributed by atoms with Gasteiger partial charge < -0.3 is 20.3 Å². The zero-order chi connectivity index (χ0) is 15.8. The molecule has 6 heteroatoms. The molecule has 1 aromatic heterocycles. The van der Waals surface area contributed by atoms with Gasteiger partial charge in [-0.2, -0.15) is 0 Å². The second-order valence-corrected chi connectivity index (χ2v) is 6.76. The number of carbonyl (C=O) groups is 2. The molecule has 1 saturated heterocycles. The molecule has 0 radical (unpaired) electrons. The highest BCUT2D eigenvalue weighted by Crippen LogP contribution is 2.26. The van der Waals surface area contributed by atoms with E-state index in [9.17, 15) is 9.59 Å². The quantitative estimate of drug-likeness (QED) is 0.684. The summed E-state index contributed by atoms with van der Waals surface area (Å²) in [6.07, 6.45) is 4.65. The summed E-state index contributed by atoms with van der Waals surface area (Å²) in [6.45, 7) is 5.44. The fraction of sp³-hybridized carbons (Fsp3) is 0.625. The Morgan fingerprint density at radius 3 is 2.91 bits per heavy atom. The smallest absolute Gasteiger partial charge is 0.207 e. The molecule has 0 atom stereocenters. The molecule has 0 bridgehead atoms. The Kier molecular flexibility index (Phi) is 6.86. The van der Waals surface area contributed by atoms with Gasteiger partial charge in [-0.25, -0.2) is 0 Å². The number of thiophene rings is 1. The highest BCUT2D eigenvalue weighted by atomic mass is 32.1. The van der Waals surface area contributed by atoms with Crippen LogP contribution in [0.3, 0.4) is 0 Å². The number of amides is 1. The lowest BCUT2D eigenvalue weighted by Crippen LogP contribution is -2.39. The van der Waals surface area contributed by atoms with Crippen LogP contribution in [0.1, 0.15) is 38.2 Å². The van der Waals surface area contributed by atoms with Crippen molar-refractivity contribution in [3.8, 4) is 0 Å². The van der Waals surface area contributed by atoms with Gasteiger partial charge in [0.1, 0.15) is 5.78 Å². The van der Waals surface area contributed by atoms with Crippen LogP contribution in [0.25, 0.3) is 0 Å². The minimum atomic E-state index is 0.283. The van der Waals surface area contributed by atoms with Gasteiger partial charge in [-0.15, -0.1) is 11.3 Å². The van der Waals surface area contributed by atoms with Crippen molar-refractivity contribution in [1.29, 1.82) is 0 Å². The van der Waals surface area contributed by atoms with Gasteiger partial charge >= 0.3 is 0 Å². The van der Waals surface area contributed by atoms with Gasteiger partial charge in [-0.05, 0) is 44.2 Å². The van der Waals surface area contributed by atoms with E-state index in [0.29, 0.717) is 19.0 Å². The largest absolute Gasteiger partial charge is 0.374 e. The first-order chi connectivity index (χ1) is 10.7. The number of hydrogen-bond acceptors (Lipinski definition) is 5. The molecular formula is C16H25N3O2S. The maximum absolute atomic E-state index is 11.0. The lowest BCUT2D eigenvalue weighted by Gasteiger charge is -2.32. The molecule has 2 rings (SSSR count). The van der Waals surface area contributed by atoms with Crippen LogP contribution in [0.15, 0.2) is 11.4 Å². The Balaban J connectivity index is 1.72. The third kappa shape index (κ3) is 5.42. The second kappa shape index (κ2) is 8.90. The number of rotatable bonds is 9. The lowest BCUT2D eigenvalue weighted by atomic mass is 10.0. The zero-order valence-corrected chi connectivity index (χ0v) is 14.0. The summed E-state index contributed by atoms with van der Waals surface area (Å²) in [7, 11) is 0. The summed E-state index contributed by atoms with van der Waals surface area (Å²) < 4.78 is 0. The van der Waals surface area contributed by atoms with Crippen LogP contribution >= 0.6 is 11.3 Å². The van der Waals surface area contributed by atoms with Crippen molar-refractivity contribution in [2.45, 2.75) is 45.2 Å². The molecule has 1 aromatic rings. The van der Waals surface area contributed by atoms with E-state index < -0.39 is 0 Å². The summed E-state index contributed by atoms with van der Waals surface area (Å²) in [5, 5.41) is 9.56. The maximum Gasteiger partial charge on any atom is 0.207 e. The van der Waals surface area contributed by atoms with Gasteiger partial charge in [0.15, 0.2) is 0 Å². The van der Waals surface area contributed by atoms with Crippen molar-refractivity contribution >= 4 is 28.5 Å². The summed E-state index contributed by atoms with van der Waals surface area (Å²) in [5.41, 5.74) is 1.15. The van der Waals surface area contributed by atoms with Crippen molar-refractivity contribution in [1.82, 2.24) is 10.2 Å². The van der Waals surface area contributed by atoms with Crippen LogP contribution in [-0.4, -0.2) is 42.8 Å². The summed E-state index contributed by atoms with van der Waals surface area (Å²) in [4.78, 5) is 23.8. The molecule has 122 valence electrons. The van der Waals surface area contributed by atoms with E-state index in [1.807, 2.05) is 0 Å². The summed E-state index contributed by atoms with van der Waals surface area (Å²) >= 11 is 1.69. The Bertz CT molecular complexity index is 481. The highest BCUT2D eigenvalue weighted by Gasteiger charge is 2.19. The van der Waals surface area contributed by atoms with E-state index in [1.165, 1.54) is 5.00 Å². The van der Waals surface area contributed by atoms with Crippen molar-refractivity contribution in [3.05, 3.63) is 17.0 Å². The Labute approximate surface area is 136 Å². The minimum Gasteiger partial charge on any atom is -0.374 e. The van der Waals surface area contributed by atoms with Gasteiger partial charge in [0.2, 0.25) is 6.41 Å². The maximum atomic E-state index is 11.0. The molecule has 1 aliphatic heterocycles. The topological polar surface area (TPSA) is 61.4 Å². The number of carbonyl (C=O) groups excluding carboxylic acids is 2.